The summed E-state index contributed by atoms with van der Waals surface area (Å²) < 4.78 is 25.3. The molecule has 0 radical (unpaired) electrons. The van der Waals surface area contributed by atoms with Crippen molar-refractivity contribution in [2.75, 3.05) is 12.8 Å². The molecule has 0 aromatic heterocycles. The zero-order valence-corrected chi connectivity index (χ0v) is 19.0. The van der Waals surface area contributed by atoms with E-state index in [0.717, 1.165) is 22.7 Å². The first-order chi connectivity index (χ1) is 13.7. The molecule has 1 N–H and O–H groups in total. The highest BCUT2D eigenvalue weighted by molar-refractivity contribution is 7.89. The summed E-state index contributed by atoms with van der Waals surface area (Å²) in [6, 6.07) is 7.57. The van der Waals surface area contributed by atoms with Crippen molar-refractivity contribution in [1.82, 2.24) is 14.5 Å². The normalized spacial score (nSPS) is 23.5. The van der Waals surface area contributed by atoms with Crippen LogP contribution < -0.4 is 5.32 Å². The molecule has 2 fully saturated rings. The molecule has 0 unspecified atom stereocenters. The minimum atomic E-state index is -3.73. The van der Waals surface area contributed by atoms with Crippen LogP contribution in [0.1, 0.15) is 42.6 Å². The van der Waals surface area contributed by atoms with Gasteiger partial charge in [0.1, 0.15) is 0 Å². The van der Waals surface area contributed by atoms with Crippen molar-refractivity contribution in [2.45, 2.75) is 45.3 Å². The summed E-state index contributed by atoms with van der Waals surface area (Å²) in [7, 11) is -3.73. The van der Waals surface area contributed by atoms with Gasteiger partial charge in [0, 0.05) is 24.7 Å². The predicted molar refractivity (Wildman–Crippen MR) is 116 cm³/mol. The molecule has 4 rings (SSSR count). The van der Waals surface area contributed by atoms with Gasteiger partial charge in [0.15, 0.2) is 0 Å². The summed E-state index contributed by atoms with van der Waals surface area (Å²) in [4.78, 5) is 27.7. The van der Waals surface area contributed by atoms with E-state index >= 15 is 0 Å². The van der Waals surface area contributed by atoms with Crippen LogP contribution in [0.4, 0.5) is 0 Å². The van der Waals surface area contributed by atoms with E-state index in [1.54, 1.807) is 23.1 Å². The maximum atomic E-state index is 13.2. The van der Waals surface area contributed by atoms with Crippen LogP contribution in [0, 0.1) is 11.8 Å². The molecule has 0 bridgehead atoms. The van der Waals surface area contributed by atoms with E-state index in [-0.39, 0.29) is 24.2 Å². The van der Waals surface area contributed by atoms with Crippen LogP contribution in [0.15, 0.2) is 36.0 Å². The fraction of sp³-hybridized carbons (Fsp3) is 0.524. The van der Waals surface area contributed by atoms with E-state index in [1.165, 1.54) is 12.8 Å². The van der Waals surface area contributed by atoms with Gasteiger partial charge in [-0.15, -0.1) is 12.4 Å². The largest absolute Gasteiger partial charge is 0.325 e. The maximum absolute atomic E-state index is 13.2. The van der Waals surface area contributed by atoms with E-state index in [1.807, 2.05) is 26.0 Å². The van der Waals surface area contributed by atoms with Crippen LogP contribution in [-0.2, 0) is 21.4 Å². The summed E-state index contributed by atoms with van der Waals surface area (Å²) in [6.45, 7) is 4.85. The highest BCUT2D eigenvalue weighted by atomic mass is 35.5. The fourth-order valence-corrected chi connectivity index (χ4v) is 5.27. The summed E-state index contributed by atoms with van der Waals surface area (Å²) >= 11 is 0. The number of nitrogens with zero attached hydrogens (tertiary/aromatic N) is 2. The van der Waals surface area contributed by atoms with Crippen molar-refractivity contribution < 1.29 is 18.0 Å². The first kappa shape index (κ1) is 22.8. The van der Waals surface area contributed by atoms with Gasteiger partial charge < -0.3 is 10.2 Å². The third-order valence-electron chi connectivity index (χ3n) is 5.88. The fourth-order valence-electron chi connectivity index (χ4n) is 4.26. The van der Waals surface area contributed by atoms with Crippen molar-refractivity contribution in [1.29, 1.82) is 0 Å². The summed E-state index contributed by atoms with van der Waals surface area (Å²) in [5.74, 6) is -1.29. The lowest BCUT2D eigenvalue weighted by Gasteiger charge is -2.29. The molecule has 1 aromatic carbocycles. The van der Waals surface area contributed by atoms with Crippen molar-refractivity contribution >= 4 is 34.2 Å². The van der Waals surface area contributed by atoms with Crippen LogP contribution >= 0.6 is 12.4 Å². The Bertz CT molecular complexity index is 970. The number of sulfonamides is 1. The zero-order chi connectivity index (χ0) is 20.9. The molecule has 2 heterocycles. The highest BCUT2D eigenvalue weighted by Crippen LogP contribution is 2.41. The summed E-state index contributed by atoms with van der Waals surface area (Å²) in [6.07, 6.45) is 5.17. The third-order valence-corrected chi connectivity index (χ3v) is 6.93. The molecule has 3 aliphatic rings. The Hall–Kier alpha value is -1.90. The SMILES string of the molecule is CC(C)[C@H]1C(=O)N(S(C)(=O)=O)C2=CCN(C(=O)c3ccc(CNC4CC4)cc3)[C@@H]21.Cl. The van der Waals surface area contributed by atoms with Crippen molar-refractivity contribution in [3.05, 3.63) is 47.2 Å². The number of fused-ring (bicyclic) bond motifs is 1. The zero-order valence-electron chi connectivity index (χ0n) is 17.4. The lowest BCUT2D eigenvalue weighted by Crippen LogP contribution is -2.42. The quantitative estimate of drug-likeness (QED) is 0.713. The molecular formula is C21H28ClN3O4S. The second kappa shape index (κ2) is 8.32. The number of benzene rings is 1. The molecule has 9 heteroatoms. The number of hydrogen-bond donors (Lipinski definition) is 1. The molecule has 7 nitrogen and oxygen atoms in total. The molecule has 164 valence electrons. The number of rotatable bonds is 6. The molecule has 2 amide bonds. The van der Waals surface area contributed by atoms with Gasteiger partial charge in [0.2, 0.25) is 15.9 Å². The maximum Gasteiger partial charge on any atom is 0.254 e. The lowest BCUT2D eigenvalue weighted by molar-refractivity contribution is -0.128. The van der Waals surface area contributed by atoms with E-state index in [4.69, 9.17) is 0 Å². The Morgan fingerprint density at radius 1 is 1.20 bits per heavy atom. The predicted octanol–water partition coefficient (Wildman–Crippen LogP) is 2.14. The first-order valence-corrected chi connectivity index (χ1v) is 11.9. The number of nitrogens with one attached hydrogen (secondary N) is 1. The second-order valence-electron chi connectivity index (χ2n) is 8.52. The molecule has 2 aliphatic heterocycles. The van der Waals surface area contributed by atoms with Crippen LogP contribution in [0.25, 0.3) is 0 Å². The van der Waals surface area contributed by atoms with E-state index < -0.39 is 27.9 Å². The first-order valence-electron chi connectivity index (χ1n) is 10.1. The highest BCUT2D eigenvalue weighted by Gasteiger charge is 2.54. The average molecular weight is 454 g/mol. The van der Waals surface area contributed by atoms with Crippen LogP contribution in [0.3, 0.4) is 0 Å². The lowest BCUT2D eigenvalue weighted by atomic mass is 9.89. The minimum Gasteiger partial charge on any atom is -0.325 e. The number of carbonyl (C=O) groups excluding carboxylic acids is 2. The van der Waals surface area contributed by atoms with Gasteiger partial charge in [-0.2, -0.15) is 0 Å². The van der Waals surface area contributed by atoms with Gasteiger partial charge in [-0.1, -0.05) is 26.0 Å². The molecule has 2 atom stereocenters. The Morgan fingerprint density at radius 2 is 1.83 bits per heavy atom. The molecule has 1 saturated carbocycles. The monoisotopic (exact) mass is 453 g/mol. The number of amides is 2. The van der Waals surface area contributed by atoms with E-state index in [2.05, 4.69) is 5.32 Å². The Balaban J connectivity index is 0.00000256. The van der Waals surface area contributed by atoms with E-state index in [0.29, 0.717) is 23.8 Å². The van der Waals surface area contributed by atoms with Crippen molar-refractivity contribution in [2.24, 2.45) is 11.8 Å². The number of carbonyl (C=O) groups is 2. The average Bonchev–Trinajstić information content (AvgIpc) is 3.31. The molecule has 1 aliphatic carbocycles. The number of hydrogen-bond acceptors (Lipinski definition) is 5. The summed E-state index contributed by atoms with van der Waals surface area (Å²) in [5.41, 5.74) is 2.07. The Kier molecular flexibility index (Phi) is 6.32. The van der Waals surface area contributed by atoms with Gasteiger partial charge in [0.25, 0.3) is 5.91 Å². The molecule has 0 spiro atoms. The van der Waals surface area contributed by atoms with Gasteiger partial charge in [-0.25, -0.2) is 12.7 Å². The van der Waals surface area contributed by atoms with Gasteiger partial charge in [0.05, 0.1) is 23.9 Å². The Morgan fingerprint density at radius 3 is 2.37 bits per heavy atom. The van der Waals surface area contributed by atoms with Gasteiger partial charge >= 0.3 is 0 Å². The topological polar surface area (TPSA) is 86.8 Å². The van der Waals surface area contributed by atoms with Gasteiger partial charge in [-0.05, 0) is 42.5 Å². The third kappa shape index (κ3) is 4.13. The molecule has 1 aromatic rings. The standard InChI is InChI=1S/C21H27N3O4S.ClH/c1-13(2)18-19-17(24(21(18)26)29(3,27)28)10-11-23(19)20(25)15-6-4-14(5-7-15)12-22-16-8-9-16;/h4-7,10,13,16,18-19,22H,8-9,11-12H2,1-3H3;1H/t18-,19+;/m1./s1. The van der Waals surface area contributed by atoms with Crippen molar-refractivity contribution in [3.63, 3.8) is 0 Å². The van der Waals surface area contributed by atoms with Crippen LogP contribution in [-0.4, -0.2) is 54.3 Å². The minimum absolute atomic E-state index is 0. The second-order valence-corrected chi connectivity index (χ2v) is 10.4. The smallest absolute Gasteiger partial charge is 0.254 e. The van der Waals surface area contributed by atoms with Crippen LogP contribution in [0.2, 0.25) is 0 Å². The summed E-state index contributed by atoms with van der Waals surface area (Å²) in [5, 5.41) is 3.45. The van der Waals surface area contributed by atoms with E-state index in [9.17, 15) is 18.0 Å². The molecular weight excluding hydrogens is 426 g/mol. The van der Waals surface area contributed by atoms with Crippen molar-refractivity contribution in [3.8, 4) is 0 Å². The molecule has 1 saturated heterocycles. The Labute approximate surface area is 184 Å². The number of halogens is 1. The van der Waals surface area contributed by atoms with Crippen LogP contribution in [0.5, 0.6) is 0 Å². The van der Waals surface area contributed by atoms with Gasteiger partial charge in [-0.3, -0.25) is 9.59 Å². The molecule has 30 heavy (non-hydrogen) atoms.